The molecule has 3 aliphatic rings. The highest BCUT2D eigenvalue weighted by Crippen LogP contribution is 2.53. The van der Waals surface area contributed by atoms with Gasteiger partial charge >= 0.3 is 0 Å². The second-order valence-corrected chi connectivity index (χ2v) is 9.89. The highest BCUT2D eigenvalue weighted by molar-refractivity contribution is 7.99. The summed E-state index contributed by atoms with van der Waals surface area (Å²) in [6.45, 7) is 1.91. The minimum absolute atomic E-state index is 0.0260. The van der Waals surface area contributed by atoms with Gasteiger partial charge in [-0.2, -0.15) is 0 Å². The fourth-order valence-electron chi connectivity index (χ4n) is 5.02. The first-order valence-electron chi connectivity index (χ1n) is 10.2. The molecule has 1 aromatic carbocycles. The lowest BCUT2D eigenvalue weighted by Gasteiger charge is -2.33. The zero-order chi connectivity index (χ0) is 22.6. The van der Waals surface area contributed by atoms with E-state index in [4.69, 9.17) is 22.1 Å². The Morgan fingerprint density at radius 3 is 2.91 bits per heavy atom. The molecule has 6 nitrogen and oxygen atoms in total. The number of nitrogen functional groups attached to an aromatic ring is 1. The highest BCUT2D eigenvalue weighted by atomic mass is 35.5. The quantitative estimate of drug-likeness (QED) is 0.403. The van der Waals surface area contributed by atoms with Crippen molar-refractivity contribution < 1.29 is 18.6 Å². The van der Waals surface area contributed by atoms with Crippen molar-refractivity contribution in [3.63, 3.8) is 0 Å². The summed E-state index contributed by atoms with van der Waals surface area (Å²) in [7, 11) is 0. The molecule has 6 rings (SSSR count). The van der Waals surface area contributed by atoms with Gasteiger partial charge in [0.25, 0.3) is 11.5 Å². The number of pyridine rings is 2. The van der Waals surface area contributed by atoms with Crippen molar-refractivity contribution in [3.05, 3.63) is 49.8 Å². The minimum Gasteiger partial charge on any atom is -0.397 e. The van der Waals surface area contributed by atoms with Crippen LogP contribution < -0.4 is 11.3 Å². The Morgan fingerprint density at radius 1 is 1.38 bits per heavy atom. The number of hydrogen-bond acceptors (Lipinski definition) is 6. The van der Waals surface area contributed by atoms with E-state index in [1.807, 2.05) is 0 Å². The average Bonchev–Trinajstić information content (AvgIpc) is 3.12. The van der Waals surface area contributed by atoms with Crippen molar-refractivity contribution in [2.45, 2.75) is 42.9 Å². The molecule has 3 N–H and O–H groups in total. The van der Waals surface area contributed by atoms with Crippen LogP contribution in [0, 0.1) is 0 Å². The van der Waals surface area contributed by atoms with Crippen molar-refractivity contribution >= 4 is 40.0 Å². The number of thioether (sulfide) groups is 1. The smallest absolute Gasteiger partial charge is 0.283 e. The monoisotopic (exact) mass is 477 g/mol. The Kier molecular flexibility index (Phi) is 4.11. The molecule has 32 heavy (non-hydrogen) atoms. The molecule has 10 heteroatoms. The van der Waals surface area contributed by atoms with Gasteiger partial charge in [-0.1, -0.05) is 18.5 Å². The molecular formula is C22H18ClF2N3O3S. The first-order chi connectivity index (χ1) is 15.2. The number of aliphatic hydroxyl groups is 1. The van der Waals surface area contributed by atoms with Gasteiger partial charge in [-0.05, 0) is 24.1 Å². The predicted octanol–water partition coefficient (Wildman–Crippen LogP) is 3.99. The SMILES string of the molecule is CC[C@@]1(O)COCc2c1cc1n(c2=O)Cc2c-1nc1cc(Cl)c(N)c3c1c2C(F)(F)CS3. The highest BCUT2D eigenvalue weighted by Gasteiger charge is 2.45. The molecule has 1 atom stereocenters. The molecule has 0 saturated carbocycles. The molecule has 5 heterocycles. The molecule has 0 amide bonds. The number of halogens is 3. The van der Waals surface area contributed by atoms with Crippen LogP contribution in [-0.2, 0) is 29.4 Å². The van der Waals surface area contributed by atoms with Crippen LogP contribution in [0.2, 0.25) is 5.02 Å². The van der Waals surface area contributed by atoms with E-state index >= 15 is 8.78 Å². The van der Waals surface area contributed by atoms with Crippen molar-refractivity contribution in [1.82, 2.24) is 9.55 Å². The Labute approximate surface area is 190 Å². The number of anilines is 1. The number of nitrogens with two attached hydrogens (primary N) is 1. The van der Waals surface area contributed by atoms with E-state index in [2.05, 4.69) is 4.98 Å². The Morgan fingerprint density at radius 2 is 2.16 bits per heavy atom. The van der Waals surface area contributed by atoms with Crippen molar-refractivity contribution in [2.24, 2.45) is 0 Å². The number of aromatic nitrogens is 2. The number of benzene rings is 1. The summed E-state index contributed by atoms with van der Waals surface area (Å²) in [4.78, 5) is 18.5. The maximum absolute atomic E-state index is 15.3. The van der Waals surface area contributed by atoms with Crippen LogP contribution in [0.4, 0.5) is 14.5 Å². The van der Waals surface area contributed by atoms with E-state index < -0.39 is 17.3 Å². The zero-order valence-corrected chi connectivity index (χ0v) is 18.5. The molecule has 0 spiro atoms. The van der Waals surface area contributed by atoms with Gasteiger partial charge in [0.1, 0.15) is 5.60 Å². The van der Waals surface area contributed by atoms with E-state index in [-0.39, 0.29) is 41.6 Å². The topological polar surface area (TPSA) is 90.4 Å². The summed E-state index contributed by atoms with van der Waals surface area (Å²) in [6, 6.07) is 3.20. The largest absolute Gasteiger partial charge is 0.397 e. The third kappa shape index (κ3) is 2.48. The van der Waals surface area contributed by atoms with Gasteiger partial charge in [-0.25, -0.2) is 13.8 Å². The van der Waals surface area contributed by atoms with Gasteiger partial charge in [0.05, 0.1) is 53.1 Å². The van der Waals surface area contributed by atoms with E-state index in [1.165, 1.54) is 10.6 Å². The summed E-state index contributed by atoms with van der Waals surface area (Å²) in [5.74, 6) is -3.59. The Hall–Kier alpha value is -2.20. The number of hydrogen-bond donors (Lipinski definition) is 2. The van der Waals surface area contributed by atoms with Crippen LogP contribution in [0.1, 0.15) is 35.6 Å². The lowest BCUT2D eigenvalue weighted by molar-refractivity contribution is -0.0757. The van der Waals surface area contributed by atoms with Gasteiger partial charge in [0.15, 0.2) is 0 Å². The summed E-state index contributed by atoms with van der Waals surface area (Å²) >= 11 is 7.25. The van der Waals surface area contributed by atoms with Gasteiger partial charge < -0.3 is 20.1 Å². The number of fused-ring (bicyclic) bond motifs is 5. The summed E-state index contributed by atoms with van der Waals surface area (Å²) in [5.41, 5.74) is 6.74. The number of nitrogens with zero attached hydrogens (tertiary/aromatic N) is 2. The van der Waals surface area contributed by atoms with Gasteiger partial charge in [0, 0.05) is 27.0 Å². The molecule has 3 aromatic rings. The standard InChI is InChI=1S/C22H18ClF2N3O3S/c1-2-21(30)7-31-6-10-11(21)3-14-18-9(5-28(14)20(10)29)16-15-13(27-18)4-12(23)17(26)19(15)32-8-22(16,24)25/h3-4,30H,2,5-8,26H2,1H3/t21-/m1/s1. The van der Waals surface area contributed by atoms with Crippen LogP contribution in [0.25, 0.3) is 22.3 Å². The predicted molar refractivity (Wildman–Crippen MR) is 118 cm³/mol. The molecule has 0 saturated heterocycles. The second-order valence-electron chi connectivity index (χ2n) is 8.49. The zero-order valence-electron chi connectivity index (χ0n) is 17.0. The van der Waals surface area contributed by atoms with Gasteiger partial charge in [0.2, 0.25) is 0 Å². The molecule has 2 aromatic heterocycles. The summed E-state index contributed by atoms with van der Waals surface area (Å²) < 4.78 is 37.5. The van der Waals surface area contributed by atoms with Gasteiger partial charge in [-0.15, -0.1) is 11.8 Å². The second kappa shape index (κ2) is 6.44. The average molecular weight is 478 g/mol. The van der Waals surface area contributed by atoms with Crippen LogP contribution >= 0.6 is 23.4 Å². The van der Waals surface area contributed by atoms with E-state index in [9.17, 15) is 9.90 Å². The molecule has 0 aliphatic carbocycles. The first kappa shape index (κ1) is 20.4. The molecule has 0 fully saturated rings. The molecule has 0 bridgehead atoms. The van der Waals surface area contributed by atoms with Crippen LogP contribution in [-0.4, -0.2) is 27.0 Å². The third-order valence-electron chi connectivity index (χ3n) is 6.71. The van der Waals surface area contributed by atoms with E-state index in [0.717, 1.165) is 11.8 Å². The maximum atomic E-state index is 15.3. The van der Waals surface area contributed by atoms with Crippen LogP contribution in [0.5, 0.6) is 0 Å². The number of ether oxygens (including phenoxy) is 1. The van der Waals surface area contributed by atoms with Crippen molar-refractivity contribution in [1.29, 1.82) is 0 Å². The number of rotatable bonds is 1. The molecule has 166 valence electrons. The van der Waals surface area contributed by atoms with Crippen molar-refractivity contribution in [3.8, 4) is 11.4 Å². The van der Waals surface area contributed by atoms with E-state index in [0.29, 0.717) is 50.3 Å². The fourth-order valence-corrected chi connectivity index (χ4v) is 6.36. The lowest BCUT2D eigenvalue weighted by atomic mass is 9.86. The van der Waals surface area contributed by atoms with Crippen LogP contribution in [0.15, 0.2) is 21.8 Å². The maximum Gasteiger partial charge on any atom is 0.283 e. The Balaban J connectivity index is 1.72. The molecule has 0 radical (unpaired) electrons. The molecule has 3 aliphatic heterocycles. The minimum atomic E-state index is -3.12. The van der Waals surface area contributed by atoms with Crippen LogP contribution in [0.3, 0.4) is 0 Å². The molecular weight excluding hydrogens is 460 g/mol. The normalized spacial score (nSPS) is 22.5. The number of alkyl halides is 2. The summed E-state index contributed by atoms with van der Waals surface area (Å²) in [6.07, 6.45) is 0.347. The fraction of sp³-hybridized carbons (Fsp3) is 0.364. The van der Waals surface area contributed by atoms with Crippen molar-refractivity contribution in [2.75, 3.05) is 18.1 Å². The Bertz CT molecular complexity index is 1420. The first-order valence-corrected chi connectivity index (χ1v) is 11.6. The van der Waals surface area contributed by atoms with Gasteiger partial charge in [-0.3, -0.25) is 4.79 Å². The third-order valence-corrected chi connectivity index (χ3v) is 8.25. The summed E-state index contributed by atoms with van der Waals surface area (Å²) in [5, 5.41) is 11.6. The lowest BCUT2D eigenvalue weighted by Crippen LogP contribution is -2.40. The molecule has 0 unspecified atom stereocenters. The van der Waals surface area contributed by atoms with E-state index in [1.54, 1.807) is 13.0 Å².